The van der Waals surface area contributed by atoms with Gasteiger partial charge in [0.25, 0.3) is 0 Å². The number of carboxylic acids is 1. The molecule has 4 N–H and O–H groups in total. The number of carbonyl (C=O) groups is 4. The fourth-order valence-corrected chi connectivity index (χ4v) is 5.53. The average Bonchev–Trinajstić information content (AvgIpc) is 3.05. The van der Waals surface area contributed by atoms with E-state index in [0.717, 1.165) is 64.2 Å². The number of hydrogen-bond donors (Lipinski definition) is 4. The molecule has 0 spiro atoms. The molecule has 9 nitrogen and oxygen atoms in total. The maximum absolute atomic E-state index is 12.6. The van der Waals surface area contributed by atoms with Crippen molar-refractivity contribution in [2.45, 2.75) is 193 Å². The van der Waals surface area contributed by atoms with E-state index in [-0.39, 0.29) is 30.9 Å². The lowest BCUT2D eigenvalue weighted by atomic mass is 10.0. The van der Waals surface area contributed by atoms with Crippen LogP contribution in [0.25, 0.3) is 0 Å². The Morgan fingerprint density at radius 1 is 0.617 bits per heavy atom. The number of ether oxygens (including phenoxy) is 1. The second-order valence-corrected chi connectivity index (χ2v) is 13.0. The van der Waals surface area contributed by atoms with Crippen LogP contribution >= 0.6 is 0 Å². The summed E-state index contributed by atoms with van der Waals surface area (Å²) < 4.78 is 5.90. The largest absolute Gasteiger partial charge is 0.480 e. The number of esters is 1. The van der Waals surface area contributed by atoms with E-state index < -0.39 is 24.5 Å². The molecule has 2 atom stereocenters. The third kappa shape index (κ3) is 30.7. The van der Waals surface area contributed by atoms with E-state index in [9.17, 15) is 19.2 Å². The first-order valence-electron chi connectivity index (χ1n) is 19.1. The molecular weight excluding hydrogens is 596 g/mol. The van der Waals surface area contributed by atoms with E-state index in [2.05, 4.69) is 36.6 Å². The predicted molar refractivity (Wildman–Crippen MR) is 190 cm³/mol. The summed E-state index contributed by atoms with van der Waals surface area (Å²) in [5.41, 5.74) is 0. The Morgan fingerprint density at radius 2 is 1.09 bits per heavy atom. The van der Waals surface area contributed by atoms with Gasteiger partial charge in [-0.3, -0.25) is 14.4 Å². The number of aliphatic hydroxyl groups excluding tert-OH is 1. The predicted octanol–water partition coefficient (Wildman–Crippen LogP) is 8.31. The van der Waals surface area contributed by atoms with Crippen molar-refractivity contribution in [3.05, 3.63) is 12.2 Å². The molecule has 0 saturated carbocycles. The molecule has 0 bridgehead atoms. The molecule has 0 aromatic rings. The fraction of sp³-hybridized carbons (Fsp3) is 0.842. The van der Waals surface area contributed by atoms with E-state index in [1.54, 1.807) is 0 Å². The summed E-state index contributed by atoms with van der Waals surface area (Å²) in [5.74, 6) is -2.34. The Bertz CT molecular complexity index is 818. The van der Waals surface area contributed by atoms with Crippen molar-refractivity contribution in [3.63, 3.8) is 0 Å². The topological polar surface area (TPSA) is 142 Å². The first-order valence-corrected chi connectivity index (χ1v) is 19.1. The van der Waals surface area contributed by atoms with Crippen molar-refractivity contribution >= 4 is 23.8 Å². The van der Waals surface area contributed by atoms with Gasteiger partial charge in [0.1, 0.15) is 12.1 Å². The summed E-state index contributed by atoms with van der Waals surface area (Å²) in [5, 5.41) is 22.4. The molecular formula is C38H70N2O7. The summed E-state index contributed by atoms with van der Waals surface area (Å²) in [7, 11) is 0. The van der Waals surface area contributed by atoms with Gasteiger partial charge in [0, 0.05) is 12.8 Å². The number of aliphatic hydroxyl groups is 1. The Morgan fingerprint density at radius 3 is 1.62 bits per heavy atom. The molecule has 0 aromatic carbocycles. The lowest BCUT2D eigenvalue weighted by Gasteiger charge is -2.18. The molecule has 0 aromatic heterocycles. The number of aliphatic carboxylic acids is 1. The number of carbonyl (C=O) groups excluding carboxylic acids is 3. The lowest BCUT2D eigenvalue weighted by molar-refractivity contribution is -0.150. The fourth-order valence-electron chi connectivity index (χ4n) is 5.53. The number of amides is 2. The SMILES string of the molecule is CCCCCCCCC/C=C\CCCCCCCC(=O)OC(CCCCCC)CCCCCCC(=O)NCC(=O)NC(CO)C(=O)O. The summed E-state index contributed by atoms with van der Waals surface area (Å²) >= 11 is 0. The second kappa shape index (κ2) is 33.5. The van der Waals surface area contributed by atoms with Crippen LogP contribution < -0.4 is 10.6 Å². The van der Waals surface area contributed by atoms with Crippen LogP contribution in [0.1, 0.15) is 181 Å². The summed E-state index contributed by atoms with van der Waals surface area (Å²) in [6.07, 6.45) is 32.6. The molecule has 2 unspecified atom stereocenters. The minimum Gasteiger partial charge on any atom is -0.480 e. The van der Waals surface area contributed by atoms with Gasteiger partial charge in [0.2, 0.25) is 11.8 Å². The molecule has 2 amide bonds. The van der Waals surface area contributed by atoms with Crippen LogP contribution in [0.5, 0.6) is 0 Å². The zero-order valence-electron chi connectivity index (χ0n) is 30.0. The van der Waals surface area contributed by atoms with E-state index in [4.69, 9.17) is 14.9 Å². The second-order valence-electron chi connectivity index (χ2n) is 13.0. The Labute approximate surface area is 286 Å². The summed E-state index contributed by atoms with van der Waals surface area (Å²) in [6, 6.07) is -1.38. The van der Waals surface area contributed by atoms with Crippen molar-refractivity contribution in [2.75, 3.05) is 13.2 Å². The van der Waals surface area contributed by atoms with Crippen LogP contribution in [0.4, 0.5) is 0 Å². The van der Waals surface area contributed by atoms with E-state index >= 15 is 0 Å². The maximum atomic E-state index is 12.6. The van der Waals surface area contributed by atoms with Gasteiger partial charge in [-0.05, 0) is 64.2 Å². The third-order valence-electron chi connectivity index (χ3n) is 8.51. The van der Waals surface area contributed by atoms with Gasteiger partial charge in [0.15, 0.2) is 0 Å². The van der Waals surface area contributed by atoms with Gasteiger partial charge in [-0.15, -0.1) is 0 Å². The number of unbranched alkanes of at least 4 members (excludes halogenated alkanes) is 18. The van der Waals surface area contributed by atoms with Crippen LogP contribution in [0.2, 0.25) is 0 Å². The van der Waals surface area contributed by atoms with Gasteiger partial charge in [-0.2, -0.15) is 0 Å². The van der Waals surface area contributed by atoms with Gasteiger partial charge >= 0.3 is 11.9 Å². The van der Waals surface area contributed by atoms with Crippen molar-refractivity contribution in [3.8, 4) is 0 Å². The van der Waals surface area contributed by atoms with Crippen LogP contribution in [-0.4, -0.2) is 59.3 Å². The minimum atomic E-state index is -1.38. The summed E-state index contributed by atoms with van der Waals surface area (Å²) in [4.78, 5) is 47.2. The normalized spacial score (nSPS) is 12.6. The zero-order chi connectivity index (χ0) is 34.8. The van der Waals surface area contributed by atoms with E-state index in [1.807, 2.05) is 0 Å². The Kier molecular flexibility index (Phi) is 31.8. The highest BCUT2D eigenvalue weighted by molar-refractivity contribution is 5.87. The van der Waals surface area contributed by atoms with Crippen LogP contribution in [0.3, 0.4) is 0 Å². The molecule has 47 heavy (non-hydrogen) atoms. The van der Waals surface area contributed by atoms with Crippen LogP contribution in [0.15, 0.2) is 12.2 Å². The quantitative estimate of drug-likeness (QED) is 0.0307. The van der Waals surface area contributed by atoms with Gasteiger partial charge in [0.05, 0.1) is 13.2 Å². The Hall–Kier alpha value is -2.42. The monoisotopic (exact) mass is 667 g/mol. The number of carboxylic acid groups (broad SMARTS) is 1. The van der Waals surface area contributed by atoms with E-state index in [0.29, 0.717) is 12.8 Å². The van der Waals surface area contributed by atoms with Crippen molar-refractivity contribution in [1.82, 2.24) is 10.6 Å². The number of hydrogen-bond acceptors (Lipinski definition) is 6. The maximum Gasteiger partial charge on any atom is 0.328 e. The van der Waals surface area contributed by atoms with Crippen molar-refractivity contribution in [1.29, 1.82) is 0 Å². The average molecular weight is 667 g/mol. The third-order valence-corrected chi connectivity index (χ3v) is 8.51. The highest BCUT2D eigenvalue weighted by atomic mass is 16.5. The molecule has 0 aliphatic carbocycles. The number of allylic oxidation sites excluding steroid dienone is 2. The Balaban J connectivity index is 4.02. The molecule has 0 rings (SSSR count). The van der Waals surface area contributed by atoms with Crippen molar-refractivity contribution in [2.24, 2.45) is 0 Å². The molecule has 0 radical (unpaired) electrons. The van der Waals surface area contributed by atoms with Gasteiger partial charge in [-0.1, -0.05) is 116 Å². The van der Waals surface area contributed by atoms with E-state index in [1.165, 1.54) is 83.5 Å². The molecule has 274 valence electrons. The molecule has 0 fully saturated rings. The molecule has 0 aliphatic heterocycles. The molecule has 9 heteroatoms. The molecule has 0 heterocycles. The summed E-state index contributed by atoms with van der Waals surface area (Å²) in [6.45, 7) is 3.40. The zero-order valence-corrected chi connectivity index (χ0v) is 30.0. The standard InChI is InChI=1S/C38H70N2O7/c1-3-5-7-9-10-11-12-13-14-15-16-17-18-19-20-26-30-37(44)47-33(27-23-8-6-4-2)28-24-21-22-25-29-35(42)39-31-36(43)40-34(32-41)38(45)46/h14-15,33-34,41H,3-13,16-32H2,1-2H3,(H,39,42)(H,40,43)(H,45,46)/b15-14-. The highest BCUT2D eigenvalue weighted by Gasteiger charge is 2.19. The first kappa shape index (κ1) is 44.6. The number of nitrogens with one attached hydrogen (secondary N) is 2. The smallest absolute Gasteiger partial charge is 0.328 e. The highest BCUT2D eigenvalue weighted by Crippen LogP contribution is 2.18. The van der Waals surface area contributed by atoms with Gasteiger partial charge < -0.3 is 25.6 Å². The van der Waals surface area contributed by atoms with Crippen LogP contribution in [0, 0.1) is 0 Å². The molecule has 0 saturated heterocycles. The van der Waals surface area contributed by atoms with Crippen LogP contribution in [-0.2, 0) is 23.9 Å². The lowest BCUT2D eigenvalue weighted by Crippen LogP contribution is -2.47. The van der Waals surface area contributed by atoms with Crippen molar-refractivity contribution < 1.29 is 34.1 Å². The minimum absolute atomic E-state index is 0.0393. The first-order chi connectivity index (χ1) is 22.8. The number of rotatable bonds is 34. The van der Waals surface area contributed by atoms with Gasteiger partial charge in [-0.25, -0.2) is 4.79 Å². The molecule has 0 aliphatic rings.